The lowest BCUT2D eigenvalue weighted by molar-refractivity contribution is 0.309. The van der Waals surface area contributed by atoms with Gasteiger partial charge in [0.2, 0.25) is 0 Å². The van der Waals surface area contributed by atoms with E-state index >= 15 is 0 Å². The van der Waals surface area contributed by atoms with Gasteiger partial charge >= 0.3 is 0 Å². The first kappa shape index (κ1) is 14.6. The Bertz CT molecular complexity index is 534. The van der Waals surface area contributed by atoms with Crippen LogP contribution in [0, 0.1) is 6.92 Å². The van der Waals surface area contributed by atoms with Gasteiger partial charge in [-0.15, -0.1) is 0 Å². The van der Waals surface area contributed by atoms with Crippen molar-refractivity contribution in [1.29, 1.82) is 0 Å². The summed E-state index contributed by atoms with van der Waals surface area (Å²) in [6.45, 7) is 4.81. The van der Waals surface area contributed by atoms with Gasteiger partial charge in [0.1, 0.15) is 5.75 Å². The molecule has 20 heavy (non-hydrogen) atoms. The molecule has 0 saturated heterocycles. The van der Waals surface area contributed by atoms with E-state index in [1.807, 2.05) is 25.1 Å². The summed E-state index contributed by atoms with van der Waals surface area (Å²) in [6.07, 6.45) is 2.08. The van der Waals surface area contributed by atoms with E-state index in [1.54, 1.807) is 0 Å². The molecule has 2 N–H and O–H groups in total. The maximum atomic E-state index is 5.88. The minimum atomic E-state index is 0.0702. The largest absolute Gasteiger partial charge is 0.493 e. The quantitative estimate of drug-likeness (QED) is 0.804. The minimum Gasteiger partial charge on any atom is -0.493 e. The van der Waals surface area contributed by atoms with E-state index in [2.05, 4.69) is 37.3 Å². The normalized spacial score (nSPS) is 12.2. The molecular weight excluding hydrogens is 246 g/mol. The van der Waals surface area contributed by atoms with Crippen molar-refractivity contribution in [1.82, 2.24) is 0 Å². The standard InChI is InChI=1S/C18H23NO/c1-14-13-17(15(2)19)10-11-18(14)20-12-6-9-16-7-4-3-5-8-16/h3-5,7-8,10-11,13,15H,6,9,12,19H2,1-2H3/t15-/m0/s1. The summed E-state index contributed by atoms with van der Waals surface area (Å²) in [5, 5.41) is 0. The van der Waals surface area contributed by atoms with Gasteiger partial charge in [-0.25, -0.2) is 0 Å². The average molecular weight is 269 g/mol. The molecule has 0 aromatic heterocycles. The van der Waals surface area contributed by atoms with E-state index in [1.165, 1.54) is 5.56 Å². The molecule has 0 bridgehead atoms. The zero-order chi connectivity index (χ0) is 14.4. The lowest BCUT2D eigenvalue weighted by Crippen LogP contribution is -2.06. The van der Waals surface area contributed by atoms with Crippen LogP contribution in [0.3, 0.4) is 0 Å². The van der Waals surface area contributed by atoms with Crippen molar-refractivity contribution in [2.75, 3.05) is 6.61 Å². The smallest absolute Gasteiger partial charge is 0.122 e. The molecule has 2 aromatic carbocycles. The topological polar surface area (TPSA) is 35.2 Å². The van der Waals surface area contributed by atoms with E-state index in [9.17, 15) is 0 Å². The maximum absolute atomic E-state index is 5.88. The van der Waals surface area contributed by atoms with Crippen molar-refractivity contribution < 1.29 is 4.74 Å². The third-order valence-corrected chi connectivity index (χ3v) is 3.43. The fraction of sp³-hybridized carbons (Fsp3) is 0.333. The van der Waals surface area contributed by atoms with Gasteiger partial charge in [0.15, 0.2) is 0 Å². The van der Waals surface area contributed by atoms with Gasteiger partial charge in [-0.05, 0) is 49.4 Å². The highest BCUT2D eigenvalue weighted by molar-refractivity contribution is 5.37. The van der Waals surface area contributed by atoms with Gasteiger partial charge < -0.3 is 10.5 Å². The number of nitrogens with two attached hydrogens (primary N) is 1. The van der Waals surface area contributed by atoms with Crippen molar-refractivity contribution in [3.05, 3.63) is 65.2 Å². The Labute approximate surface area is 121 Å². The predicted octanol–water partition coefficient (Wildman–Crippen LogP) is 4.03. The van der Waals surface area contributed by atoms with Gasteiger partial charge in [-0.1, -0.05) is 42.5 Å². The number of rotatable bonds is 6. The van der Waals surface area contributed by atoms with Crippen LogP contribution in [0.5, 0.6) is 5.75 Å². The van der Waals surface area contributed by atoms with Gasteiger partial charge in [-0.2, -0.15) is 0 Å². The average Bonchev–Trinajstić information content (AvgIpc) is 2.46. The van der Waals surface area contributed by atoms with E-state index in [0.717, 1.165) is 36.3 Å². The molecule has 0 spiro atoms. The second-order valence-electron chi connectivity index (χ2n) is 5.25. The molecule has 106 valence electrons. The second-order valence-corrected chi connectivity index (χ2v) is 5.25. The number of benzene rings is 2. The molecule has 0 fully saturated rings. The maximum Gasteiger partial charge on any atom is 0.122 e. The van der Waals surface area contributed by atoms with Crippen molar-refractivity contribution >= 4 is 0 Å². The molecule has 2 aromatic rings. The zero-order valence-corrected chi connectivity index (χ0v) is 12.3. The van der Waals surface area contributed by atoms with Crippen LogP contribution in [0.1, 0.15) is 36.1 Å². The number of aryl methyl sites for hydroxylation is 2. The molecule has 0 aliphatic carbocycles. The van der Waals surface area contributed by atoms with Crippen LogP contribution >= 0.6 is 0 Å². The zero-order valence-electron chi connectivity index (χ0n) is 12.3. The molecule has 0 aliphatic rings. The molecule has 2 nitrogen and oxygen atoms in total. The van der Waals surface area contributed by atoms with Crippen LogP contribution in [-0.2, 0) is 6.42 Å². The Morgan fingerprint density at radius 3 is 2.50 bits per heavy atom. The number of hydrogen-bond acceptors (Lipinski definition) is 2. The first-order valence-electron chi connectivity index (χ1n) is 7.19. The molecular formula is C18H23NO. The first-order chi connectivity index (χ1) is 9.66. The molecule has 1 atom stereocenters. The Hall–Kier alpha value is -1.80. The lowest BCUT2D eigenvalue weighted by Gasteiger charge is -2.12. The SMILES string of the molecule is Cc1cc([C@H](C)N)ccc1OCCCc1ccccc1. The third-order valence-electron chi connectivity index (χ3n) is 3.43. The van der Waals surface area contributed by atoms with E-state index in [0.29, 0.717) is 0 Å². The van der Waals surface area contributed by atoms with Crippen molar-refractivity contribution in [2.45, 2.75) is 32.7 Å². The summed E-state index contributed by atoms with van der Waals surface area (Å²) in [6, 6.07) is 16.8. The molecule has 2 heteroatoms. The molecule has 0 heterocycles. The fourth-order valence-corrected chi connectivity index (χ4v) is 2.22. The van der Waals surface area contributed by atoms with Crippen molar-refractivity contribution in [3.63, 3.8) is 0 Å². The van der Waals surface area contributed by atoms with Gasteiger partial charge in [0, 0.05) is 6.04 Å². The van der Waals surface area contributed by atoms with Gasteiger partial charge in [0.25, 0.3) is 0 Å². The van der Waals surface area contributed by atoms with Crippen LogP contribution in [0.4, 0.5) is 0 Å². The summed E-state index contributed by atoms with van der Waals surface area (Å²) >= 11 is 0. The monoisotopic (exact) mass is 269 g/mol. The van der Waals surface area contributed by atoms with Gasteiger partial charge in [-0.3, -0.25) is 0 Å². The summed E-state index contributed by atoms with van der Waals surface area (Å²) in [5.74, 6) is 0.961. The van der Waals surface area contributed by atoms with Crippen LogP contribution in [-0.4, -0.2) is 6.61 Å². The Morgan fingerprint density at radius 2 is 1.85 bits per heavy atom. The fourth-order valence-electron chi connectivity index (χ4n) is 2.22. The van der Waals surface area contributed by atoms with Gasteiger partial charge in [0.05, 0.1) is 6.61 Å². The molecule has 0 unspecified atom stereocenters. The Morgan fingerprint density at radius 1 is 1.10 bits per heavy atom. The highest BCUT2D eigenvalue weighted by atomic mass is 16.5. The summed E-state index contributed by atoms with van der Waals surface area (Å²) < 4.78 is 5.85. The van der Waals surface area contributed by atoms with E-state index in [4.69, 9.17) is 10.5 Å². The van der Waals surface area contributed by atoms with Crippen LogP contribution in [0.15, 0.2) is 48.5 Å². The Balaban J connectivity index is 1.82. The molecule has 0 amide bonds. The molecule has 0 saturated carbocycles. The lowest BCUT2D eigenvalue weighted by atomic mass is 10.1. The Kier molecular flexibility index (Phi) is 5.19. The van der Waals surface area contributed by atoms with Crippen LogP contribution < -0.4 is 10.5 Å². The van der Waals surface area contributed by atoms with Crippen molar-refractivity contribution in [2.24, 2.45) is 5.73 Å². The molecule has 2 rings (SSSR count). The number of ether oxygens (including phenoxy) is 1. The van der Waals surface area contributed by atoms with Crippen LogP contribution in [0.2, 0.25) is 0 Å². The first-order valence-corrected chi connectivity index (χ1v) is 7.19. The highest BCUT2D eigenvalue weighted by Gasteiger charge is 2.04. The third kappa shape index (κ3) is 4.10. The molecule has 0 aliphatic heterocycles. The minimum absolute atomic E-state index is 0.0702. The van der Waals surface area contributed by atoms with Crippen LogP contribution in [0.25, 0.3) is 0 Å². The number of hydrogen-bond donors (Lipinski definition) is 1. The van der Waals surface area contributed by atoms with E-state index in [-0.39, 0.29) is 6.04 Å². The van der Waals surface area contributed by atoms with Crippen molar-refractivity contribution in [3.8, 4) is 5.75 Å². The second kappa shape index (κ2) is 7.11. The predicted molar refractivity (Wildman–Crippen MR) is 84.0 cm³/mol. The summed E-state index contributed by atoms with van der Waals surface area (Å²) in [4.78, 5) is 0. The molecule has 0 radical (unpaired) electrons. The van der Waals surface area contributed by atoms with E-state index < -0.39 is 0 Å². The summed E-state index contributed by atoms with van der Waals surface area (Å²) in [5.41, 5.74) is 9.54. The summed E-state index contributed by atoms with van der Waals surface area (Å²) in [7, 11) is 0. The highest BCUT2D eigenvalue weighted by Crippen LogP contribution is 2.22.